The lowest BCUT2D eigenvalue weighted by molar-refractivity contribution is 0.953. The fourth-order valence-electron chi connectivity index (χ4n) is 8.89. The van der Waals surface area contributed by atoms with Crippen molar-refractivity contribution in [3.8, 4) is 68.1 Å². The minimum Gasteiger partial charge on any atom is -0.307 e. The Morgan fingerprint density at radius 3 is 1.19 bits per heavy atom. The van der Waals surface area contributed by atoms with E-state index >= 15 is 0 Å². The molecular weight excluding hydrogens is 757 g/mol. The number of nitrogens with zero attached hydrogens (tertiary/aromatic N) is 6. The predicted molar refractivity (Wildman–Crippen MR) is 253 cm³/mol. The van der Waals surface area contributed by atoms with Crippen molar-refractivity contribution in [2.45, 2.75) is 0 Å². The van der Waals surface area contributed by atoms with E-state index in [0.29, 0.717) is 17.6 Å². The number of para-hydroxylation sites is 2. The molecule has 4 aromatic heterocycles. The number of hydrogen-bond donors (Lipinski definition) is 0. The van der Waals surface area contributed by atoms with Crippen LogP contribution in [0.25, 0.3) is 112 Å². The summed E-state index contributed by atoms with van der Waals surface area (Å²) in [4.78, 5) is 20.7. The van der Waals surface area contributed by atoms with Crippen molar-refractivity contribution >= 4 is 43.6 Å². The van der Waals surface area contributed by atoms with Crippen molar-refractivity contribution in [1.82, 2.24) is 29.1 Å². The van der Waals surface area contributed by atoms with Gasteiger partial charge in [-0.2, -0.15) is 9.97 Å². The first-order valence-electron chi connectivity index (χ1n) is 20.8. The second-order valence-electron chi connectivity index (χ2n) is 15.5. The molecule has 0 aliphatic carbocycles. The maximum Gasteiger partial charge on any atom is 0.238 e. The lowest BCUT2D eigenvalue weighted by atomic mass is 10.00. The van der Waals surface area contributed by atoms with E-state index in [0.717, 1.165) is 88.7 Å². The van der Waals surface area contributed by atoms with E-state index in [1.807, 2.05) is 48.5 Å². The van der Waals surface area contributed by atoms with Gasteiger partial charge in [-0.15, -0.1) is 0 Å². The van der Waals surface area contributed by atoms with E-state index < -0.39 is 0 Å². The molecule has 0 amide bonds. The molecule has 0 aliphatic heterocycles. The highest BCUT2D eigenvalue weighted by Gasteiger charge is 2.23. The van der Waals surface area contributed by atoms with E-state index in [9.17, 15) is 0 Å². The monoisotopic (exact) mass is 792 g/mol. The molecule has 0 unspecified atom stereocenters. The van der Waals surface area contributed by atoms with Gasteiger partial charge in [-0.1, -0.05) is 182 Å². The van der Waals surface area contributed by atoms with Crippen molar-refractivity contribution in [3.05, 3.63) is 218 Å². The summed E-state index contributed by atoms with van der Waals surface area (Å²) in [6, 6.07) is 76.2. The number of hydrogen-bond acceptors (Lipinski definition) is 4. The Balaban J connectivity index is 1.10. The predicted octanol–water partition coefficient (Wildman–Crippen LogP) is 13.8. The summed E-state index contributed by atoms with van der Waals surface area (Å²) >= 11 is 0. The smallest absolute Gasteiger partial charge is 0.238 e. The fraction of sp³-hybridized carbons (Fsp3) is 0. The van der Waals surface area contributed by atoms with Crippen LogP contribution in [0.5, 0.6) is 0 Å². The third kappa shape index (κ3) is 5.96. The molecule has 6 heteroatoms. The van der Waals surface area contributed by atoms with Gasteiger partial charge in [0.15, 0.2) is 11.6 Å². The van der Waals surface area contributed by atoms with Gasteiger partial charge in [0.1, 0.15) is 0 Å². The molecule has 8 aromatic carbocycles. The summed E-state index contributed by atoms with van der Waals surface area (Å²) in [6.45, 7) is 0. The Bertz CT molecular complexity index is 3480. The minimum atomic E-state index is 0.560. The van der Waals surface area contributed by atoms with E-state index in [1.165, 1.54) is 5.39 Å². The highest BCUT2D eigenvalue weighted by atomic mass is 15.2. The molecule has 0 saturated carbocycles. The van der Waals surface area contributed by atoms with Crippen LogP contribution in [0.2, 0.25) is 0 Å². The summed E-state index contributed by atoms with van der Waals surface area (Å²) in [6.07, 6.45) is 0. The van der Waals surface area contributed by atoms with E-state index in [1.54, 1.807) is 0 Å². The third-order valence-corrected chi connectivity index (χ3v) is 11.8. The summed E-state index contributed by atoms with van der Waals surface area (Å²) in [5.41, 5.74) is 13.4. The van der Waals surface area contributed by atoms with Gasteiger partial charge < -0.3 is 4.57 Å². The summed E-state index contributed by atoms with van der Waals surface area (Å²) in [7, 11) is 0. The van der Waals surface area contributed by atoms with Crippen LogP contribution in [0.4, 0.5) is 0 Å². The Morgan fingerprint density at radius 2 is 0.694 bits per heavy atom. The maximum atomic E-state index is 5.26. The quantitative estimate of drug-likeness (QED) is 0.161. The molecule has 62 heavy (non-hydrogen) atoms. The minimum absolute atomic E-state index is 0.560. The first-order chi connectivity index (χ1) is 30.7. The van der Waals surface area contributed by atoms with E-state index in [2.05, 4.69) is 179 Å². The molecule has 290 valence electrons. The molecule has 0 atom stereocenters. The van der Waals surface area contributed by atoms with Gasteiger partial charge in [-0.3, -0.25) is 4.57 Å². The van der Waals surface area contributed by atoms with Crippen LogP contribution >= 0.6 is 0 Å². The number of pyridine rings is 1. The Hall–Kier alpha value is -8.48. The van der Waals surface area contributed by atoms with Crippen LogP contribution in [-0.2, 0) is 0 Å². The number of rotatable bonds is 7. The Morgan fingerprint density at radius 1 is 0.274 bits per heavy atom. The molecule has 0 N–H and O–H groups in total. The maximum absolute atomic E-state index is 5.26. The number of benzene rings is 8. The van der Waals surface area contributed by atoms with Crippen molar-refractivity contribution in [1.29, 1.82) is 0 Å². The fourth-order valence-corrected chi connectivity index (χ4v) is 8.89. The van der Waals surface area contributed by atoms with E-state index in [4.69, 9.17) is 19.9 Å². The van der Waals surface area contributed by atoms with Crippen LogP contribution in [0.15, 0.2) is 218 Å². The normalized spacial score (nSPS) is 11.5. The largest absolute Gasteiger partial charge is 0.307 e. The van der Waals surface area contributed by atoms with Gasteiger partial charge in [-0.25, -0.2) is 9.97 Å². The van der Waals surface area contributed by atoms with Crippen molar-refractivity contribution < 1.29 is 0 Å². The molecule has 0 radical (unpaired) electrons. The van der Waals surface area contributed by atoms with Crippen LogP contribution < -0.4 is 0 Å². The summed E-state index contributed by atoms with van der Waals surface area (Å²) < 4.78 is 4.64. The number of fused-ring (bicyclic) bond motifs is 7. The first kappa shape index (κ1) is 35.5. The van der Waals surface area contributed by atoms with Gasteiger partial charge in [-0.05, 0) is 47.5 Å². The van der Waals surface area contributed by atoms with Crippen LogP contribution in [0, 0.1) is 0 Å². The molecule has 0 fully saturated rings. The van der Waals surface area contributed by atoms with Gasteiger partial charge >= 0.3 is 0 Å². The highest BCUT2D eigenvalue weighted by molar-refractivity contribution is 6.23. The summed E-state index contributed by atoms with van der Waals surface area (Å²) in [5.74, 6) is 1.79. The Labute approximate surface area is 357 Å². The van der Waals surface area contributed by atoms with Crippen LogP contribution in [0.3, 0.4) is 0 Å². The molecule has 0 saturated heterocycles. The lowest BCUT2D eigenvalue weighted by Gasteiger charge is -2.14. The lowest BCUT2D eigenvalue weighted by Crippen LogP contribution is -2.07. The molecule has 0 aliphatic rings. The summed E-state index contributed by atoms with van der Waals surface area (Å²) in [5, 5.41) is 4.57. The zero-order valence-corrected chi connectivity index (χ0v) is 33.5. The third-order valence-electron chi connectivity index (χ3n) is 11.8. The second kappa shape index (κ2) is 14.7. The molecule has 0 bridgehead atoms. The zero-order valence-electron chi connectivity index (χ0n) is 33.5. The standard InChI is InChI=1S/C56H36N6/c1-5-17-38(18-6-1)48-35-42(36-49(57-48)39-19-7-2-8-20-39)37-29-31-43(32-30-37)61-50-27-15-13-25-44(50)46-33-34-47-45-26-14-16-28-51(45)62(53(47)52(46)61)56-59-54(40-21-9-3-10-22-40)58-55(60-56)41-23-11-4-12-24-41/h1-36H. The molecule has 6 nitrogen and oxygen atoms in total. The zero-order chi connectivity index (χ0) is 41.0. The SMILES string of the molecule is c1ccc(-c2cc(-c3ccc(-n4c5ccccc5c5ccc6c7ccccc7n(-c7nc(-c8ccccc8)nc(-c8ccccc8)n7)c6c54)cc3)cc(-c3ccccc3)n2)cc1. The average molecular weight is 793 g/mol. The van der Waals surface area contributed by atoms with Crippen molar-refractivity contribution in [2.75, 3.05) is 0 Å². The van der Waals surface area contributed by atoms with Gasteiger partial charge in [0, 0.05) is 49.5 Å². The molecule has 12 aromatic rings. The van der Waals surface area contributed by atoms with Crippen LogP contribution in [0.1, 0.15) is 0 Å². The molecule has 0 spiro atoms. The molecular formula is C56H36N6. The first-order valence-corrected chi connectivity index (χ1v) is 20.8. The van der Waals surface area contributed by atoms with Crippen LogP contribution in [-0.4, -0.2) is 29.1 Å². The topological polar surface area (TPSA) is 61.4 Å². The van der Waals surface area contributed by atoms with Gasteiger partial charge in [0.25, 0.3) is 0 Å². The molecule has 12 rings (SSSR count). The van der Waals surface area contributed by atoms with Crippen molar-refractivity contribution in [3.63, 3.8) is 0 Å². The van der Waals surface area contributed by atoms with Gasteiger partial charge in [0.05, 0.1) is 33.5 Å². The Kier molecular flexibility index (Phi) is 8.38. The number of aromatic nitrogens is 6. The highest BCUT2D eigenvalue weighted by Crippen LogP contribution is 2.42. The van der Waals surface area contributed by atoms with Crippen molar-refractivity contribution in [2.24, 2.45) is 0 Å². The molecule has 4 heterocycles. The van der Waals surface area contributed by atoms with E-state index in [-0.39, 0.29) is 0 Å². The average Bonchev–Trinajstić information content (AvgIpc) is 3.88. The van der Waals surface area contributed by atoms with Gasteiger partial charge in [0.2, 0.25) is 5.95 Å². The second-order valence-corrected chi connectivity index (χ2v) is 15.5.